The maximum Gasteiger partial charge on any atom is 0.434 e. The molecule has 5 nitrogen and oxygen atoms in total. The maximum atomic E-state index is 12.8. The molecule has 3 aromatic rings. The van der Waals surface area contributed by atoms with E-state index < -0.39 is 23.6 Å². The number of halogens is 6. The van der Waals surface area contributed by atoms with Crippen LogP contribution in [-0.4, -0.2) is 19.5 Å². The van der Waals surface area contributed by atoms with E-state index in [1.165, 1.54) is 31.5 Å². The quantitative estimate of drug-likeness (QED) is 0.659. The van der Waals surface area contributed by atoms with Crippen LogP contribution in [-0.2, 0) is 12.4 Å². The summed E-state index contributed by atoms with van der Waals surface area (Å²) in [6.45, 7) is 1.38. The summed E-state index contributed by atoms with van der Waals surface area (Å²) in [5.74, 6) is 0.282. The van der Waals surface area contributed by atoms with Crippen LogP contribution < -0.4 is 5.32 Å². The van der Waals surface area contributed by atoms with Gasteiger partial charge in [0, 0.05) is 11.9 Å². The van der Waals surface area contributed by atoms with Gasteiger partial charge in [-0.15, -0.1) is 0 Å². The van der Waals surface area contributed by atoms with Crippen LogP contribution in [0.3, 0.4) is 0 Å². The molecule has 0 aliphatic heterocycles. The summed E-state index contributed by atoms with van der Waals surface area (Å²) in [4.78, 5) is 11.5. The highest BCUT2D eigenvalue weighted by molar-refractivity contribution is 5.56. The molecule has 1 N–H and O–H groups in total. The molecular formula is C16H11F6N5. The zero-order valence-corrected chi connectivity index (χ0v) is 13.6. The fourth-order valence-corrected chi connectivity index (χ4v) is 2.26. The molecule has 0 unspecified atom stereocenters. The molecule has 0 fully saturated rings. The summed E-state index contributed by atoms with van der Waals surface area (Å²) < 4.78 is 77.2. The first-order valence-electron chi connectivity index (χ1n) is 7.44. The van der Waals surface area contributed by atoms with Crippen molar-refractivity contribution < 1.29 is 26.3 Å². The Hall–Kier alpha value is -3.11. The van der Waals surface area contributed by atoms with Gasteiger partial charge in [0.15, 0.2) is 17.3 Å². The third kappa shape index (κ3) is 4.18. The lowest BCUT2D eigenvalue weighted by atomic mass is 10.2. The second kappa shape index (κ2) is 6.56. The first-order chi connectivity index (χ1) is 12.5. The van der Waals surface area contributed by atoms with Crippen molar-refractivity contribution in [2.75, 3.05) is 5.32 Å². The van der Waals surface area contributed by atoms with Crippen LogP contribution in [0.4, 0.5) is 37.8 Å². The molecule has 2 heterocycles. The molecule has 3 rings (SSSR count). The number of anilines is 2. The van der Waals surface area contributed by atoms with Crippen molar-refractivity contribution in [3.05, 3.63) is 59.9 Å². The Morgan fingerprint density at radius 3 is 2.11 bits per heavy atom. The molecule has 0 saturated carbocycles. The second-order valence-electron chi connectivity index (χ2n) is 5.50. The van der Waals surface area contributed by atoms with E-state index in [2.05, 4.69) is 20.3 Å². The molecule has 27 heavy (non-hydrogen) atoms. The third-order valence-electron chi connectivity index (χ3n) is 3.53. The lowest BCUT2D eigenvalue weighted by molar-refractivity contribution is -0.141. The highest BCUT2D eigenvalue weighted by atomic mass is 19.4. The number of aromatic nitrogens is 4. The van der Waals surface area contributed by atoms with Gasteiger partial charge in [0.1, 0.15) is 5.82 Å². The van der Waals surface area contributed by atoms with Crippen LogP contribution in [0.5, 0.6) is 0 Å². The van der Waals surface area contributed by atoms with Crippen molar-refractivity contribution in [2.24, 2.45) is 0 Å². The van der Waals surface area contributed by atoms with Crippen LogP contribution in [0.15, 0.2) is 42.9 Å². The topological polar surface area (TPSA) is 55.6 Å². The van der Waals surface area contributed by atoms with E-state index in [-0.39, 0.29) is 17.5 Å². The molecule has 142 valence electrons. The standard InChI is InChI=1S/C16H11F6N5/c1-9-24-12(16(20,21)22)8-27(9)14-7-23-6-13(26-14)25-11-4-2-10(3-5-11)15(17,18)19/h2-8H,1H3,(H,25,26). The first-order valence-corrected chi connectivity index (χ1v) is 7.44. The second-order valence-corrected chi connectivity index (χ2v) is 5.50. The molecular weight excluding hydrogens is 376 g/mol. The van der Waals surface area contributed by atoms with Gasteiger partial charge >= 0.3 is 12.4 Å². The number of benzene rings is 1. The Morgan fingerprint density at radius 2 is 1.56 bits per heavy atom. The summed E-state index contributed by atoms with van der Waals surface area (Å²) in [5, 5.41) is 2.75. The number of nitrogens with zero attached hydrogens (tertiary/aromatic N) is 4. The molecule has 1 aromatic carbocycles. The molecule has 0 radical (unpaired) electrons. The highest BCUT2D eigenvalue weighted by Gasteiger charge is 2.34. The van der Waals surface area contributed by atoms with E-state index in [4.69, 9.17) is 0 Å². The van der Waals surface area contributed by atoms with Crippen molar-refractivity contribution >= 4 is 11.5 Å². The van der Waals surface area contributed by atoms with Gasteiger partial charge < -0.3 is 5.32 Å². The van der Waals surface area contributed by atoms with Gasteiger partial charge in [0.2, 0.25) is 0 Å². The van der Waals surface area contributed by atoms with Gasteiger partial charge in [-0.3, -0.25) is 9.55 Å². The van der Waals surface area contributed by atoms with E-state index in [0.29, 0.717) is 5.69 Å². The average Bonchev–Trinajstić information content (AvgIpc) is 2.97. The number of alkyl halides is 6. The molecule has 11 heteroatoms. The van der Waals surface area contributed by atoms with Gasteiger partial charge in [-0.05, 0) is 31.2 Å². The number of imidazole rings is 1. The SMILES string of the molecule is Cc1nc(C(F)(F)F)cn1-c1cncc(Nc2ccc(C(F)(F)F)cc2)n1. The molecule has 0 saturated heterocycles. The predicted octanol–water partition coefficient (Wildman–Crippen LogP) is 4.75. The number of aryl methyl sites for hydroxylation is 1. The van der Waals surface area contributed by atoms with Crippen LogP contribution >= 0.6 is 0 Å². The molecule has 0 aliphatic rings. The first kappa shape index (κ1) is 18.7. The molecule has 0 amide bonds. The van der Waals surface area contributed by atoms with Crippen LogP contribution in [0.1, 0.15) is 17.1 Å². The summed E-state index contributed by atoms with van der Waals surface area (Å²) in [6.07, 6.45) is -5.72. The fraction of sp³-hybridized carbons (Fsp3) is 0.188. The number of nitrogens with one attached hydrogen (secondary N) is 1. The highest BCUT2D eigenvalue weighted by Crippen LogP contribution is 2.31. The monoisotopic (exact) mass is 387 g/mol. The minimum Gasteiger partial charge on any atom is -0.339 e. The molecule has 0 bridgehead atoms. The van der Waals surface area contributed by atoms with Crippen LogP contribution in [0.2, 0.25) is 0 Å². The zero-order valence-electron chi connectivity index (χ0n) is 13.6. The van der Waals surface area contributed by atoms with Crippen molar-refractivity contribution in [2.45, 2.75) is 19.3 Å². The Morgan fingerprint density at radius 1 is 0.889 bits per heavy atom. The number of rotatable bonds is 3. The Labute approximate surface area is 148 Å². The molecule has 0 atom stereocenters. The third-order valence-corrected chi connectivity index (χ3v) is 3.53. The van der Waals surface area contributed by atoms with Gasteiger partial charge in [-0.2, -0.15) is 26.3 Å². The smallest absolute Gasteiger partial charge is 0.339 e. The van der Waals surface area contributed by atoms with Crippen LogP contribution in [0.25, 0.3) is 5.82 Å². The zero-order chi connectivity index (χ0) is 19.8. The molecule has 0 aliphatic carbocycles. The summed E-state index contributed by atoms with van der Waals surface area (Å²) in [6, 6.07) is 4.22. The maximum absolute atomic E-state index is 12.8. The molecule has 2 aromatic heterocycles. The largest absolute Gasteiger partial charge is 0.434 e. The average molecular weight is 387 g/mol. The Bertz CT molecular complexity index is 943. The van der Waals surface area contributed by atoms with Crippen LogP contribution in [0, 0.1) is 6.92 Å². The Kier molecular flexibility index (Phi) is 4.54. The lowest BCUT2D eigenvalue weighted by Gasteiger charge is -2.10. The number of hydrogen-bond acceptors (Lipinski definition) is 4. The van der Waals surface area contributed by atoms with Gasteiger partial charge in [0.05, 0.1) is 18.0 Å². The van der Waals surface area contributed by atoms with Crippen molar-refractivity contribution in [1.29, 1.82) is 0 Å². The predicted molar refractivity (Wildman–Crippen MR) is 83.6 cm³/mol. The summed E-state index contributed by atoms with van der Waals surface area (Å²) in [5.41, 5.74) is -1.56. The van der Waals surface area contributed by atoms with E-state index in [1.54, 1.807) is 0 Å². The minimum atomic E-state index is -4.60. The van der Waals surface area contributed by atoms with Crippen molar-refractivity contribution in [3.8, 4) is 5.82 Å². The van der Waals surface area contributed by atoms with E-state index >= 15 is 0 Å². The van der Waals surface area contributed by atoms with Gasteiger partial charge in [-0.1, -0.05) is 0 Å². The fourth-order valence-electron chi connectivity index (χ4n) is 2.26. The van der Waals surface area contributed by atoms with E-state index in [0.717, 1.165) is 22.9 Å². The number of hydrogen-bond donors (Lipinski definition) is 1. The minimum absolute atomic E-state index is 0.0586. The van der Waals surface area contributed by atoms with Gasteiger partial charge in [-0.25, -0.2) is 9.97 Å². The van der Waals surface area contributed by atoms with Crippen molar-refractivity contribution in [3.63, 3.8) is 0 Å². The summed E-state index contributed by atoms with van der Waals surface area (Å²) in [7, 11) is 0. The van der Waals surface area contributed by atoms with Gasteiger partial charge in [0.25, 0.3) is 0 Å². The lowest BCUT2D eigenvalue weighted by Crippen LogP contribution is -2.05. The normalized spacial score (nSPS) is 12.3. The van der Waals surface area contributed by atoms with E-state index in [1.807, 2.05) is 0 Å². The molecule has 0 spiro atoms. The van der Waals surface area contributed by atoms with E-state index in [9.17, 15) is 26.3 Å². The summed E-state index contributed by atoms with van der Waals surface area (Å²) >= 11 is 0. The Balaban J connectivity index is 1.85. The van der Waals surface area contributed by atoms with Crippen molar-refractivity contribution in [1.82, 2.24) is 19.5 Å².